The first-order valence-corrected chi connectivity index (χ1v) is 7.74. The monoisotopic (exact) mass is 399 g/mol. The van der Waals surface area contributed by atoms with Gasteiger partial charge in [-0.2, -0.15) is 5.10 Å². The summed E-state index contributed by atoms with van der Waals surface area (Å²) in [5, 5.41) is 4.27. The summed E-state index contributed by atoms with van der Waals surface area (Å²) in [4.78, 5) is 14.7. The van der Waals surface area contributed by atoms with E-state index in [1.54, 1.807) is 10.9 Å². The lowest BCUT2D eigenvalue weighted by Gasteiger charge is -2.12. The lowest BCUT2D eigenvalue weighted by atomic mass is 10.1. The number of carbonyl (C=O) groups is 1. The Labute approximate surface area is 135 Å². The van der Waals surface area contributed by atoms with Crippen LogP contribution in [-0.2, 0) is 6.54 Å². The molecule has 4 nitrogen and oxygen atoms in total. The Morgan fingerprint density at radius 1 is 1.25 bits per heavy atom. The van der Waals surface area contributed by atoms with Crippen LogP contribution in [0, 0.1) is 0 Å². The minimum atomic E-state index is -0.0411. The van der Waals surface area contributed by atoms with E-state index in [1.807, 2.05) is 38.4 Å². The van der Waals surface area contributed by atoms with Crippen molar-refractivity contribution < 1.29 is 4.79 Å². The minimum absolute atomic E-state index is 0.0411. The molecule has 0 amide bonds. The number of aromatic nitrogens is 2. The van der Waals surface area contributed by atoms with E-state index in [9.17, 15) is 4.79 Å². The van der Waals surface area contributed by atoms with Gasteiger partial charge in [0.05, 0.1) is 17.2 Å². The standard InChI is InChI=1S/C14H15Br2N3O/c1-18(2)7-8-19-13(12(16)9-17-19)14(20)10-5-3-4-6-11(10)15/h3-6,9H,7-8H2,1-2H3. The third kappa shape index (κ3) is 3.37. The molecule has 0 N–H and O–H groups in total. The maximum absolute atomic E-state index is 12.7. The summed E-state index contributed by atoms with van der Waals surface area (Å²) in [5.74, 6) is -0.0411. The molecule has 1 aromatic heterocycles. The van der Waals surface area contributed by atoms with Crippen LogP contribution in [0.25, 0.3) is 0 Å². The fraction of sp³-hybridized carbons (Fsp3) is 0.286. The van der Waals surface area contributed by atoms with Crippen LogP contribution < -0.4 is 0 Å². The molecule has 0 aliphatic rings. The van der Waals surface area contributed by atoms with Crippen LogP contribution in [0.15, 0.2) is 39.4 Å². The molecular formula is C14H15Br2N3O. The summed E-state index contributed by atoms with van der Waals surface area (Å²) in [6, 6.07) is 7.41. The number of halogens is 2. The van der Waals surface area contributed by atoms with Crippen molar-refractivity contribution >= 4 is 37.6 Å². The number of benzene rings is 1. The number of ketones is 1. The van der Waals surface area contributed by atoms with Gasteiger partial charge < -0.3 is 4.90 Å². The molecule has 0 spiro atoms. The first-order valence-electron chi connectivity index (χ1n) is 6.16. The molecule has 2 aromatic rings. The highest BCUT2D eigenvalue weighted by atomic mass is 79.9. The highest BCUT2D eigenvalue weighted by molar-refractivity contribution is 9.10. The van der Waals surface area contributed by atoms with Crippen molar-refractivity contribution in [2.24, 2.45) is 0 Å². The van der Waals surface area contributed by atoms with E-state index in [2.05, 4.69) is 41.9 Å². The quantitative estimate of drug-likeness (QED) is 0.723. The summed E-state index contributed by atoms with van der Waals surface area (Å²) >= 11 is 6.83. The van der Waals surface area contributed by atoms with E-state index in [1.165, 1.54) is 0 Å². The first kappa shape index (κ1) is 15.4. The van der Waals surface area contributed by atoms with Gasteiger partial charge in [-0.1, -0.05) is 28.1 Å². The number of rotatable bonds is 5. The van der Waals surface area contributed by atoms with Crippen LogP contribution in [-0.4, -0.2) is 41.1 Å². The van der Waals surface area contributed by atoms with Crippen LogP contribution in [0.3, 0.4) is 0 Å². The Kier molecular flexibility index (Phi) is 5.12. The van der Waals surface area contributed by atoms with Crippen LogP contribution in [0.5, 0.6) is 0 Å². The molecule has 0 fully saturated rings. The SMILES string of the molecule is CN(C)CCn1ncc(Br)c1C(=O)c1ccccc1Br. The Bertz CT molecular complexity index is 623. The van der Waals surface area contributed by atoms with Gasteiger partial charge in [0.1, 0.15) is 5.69 Å². The van der Waals surface area contributed by atoms with Gasteiger partial charge in [0.2, 0.25) is 5.78 Å². The highest BCUT2D eigenvalue weighted by Crippen LogP contribution is 2.24. The molecule has 106 valence electrons. The third-order valence-electron chi connectivity index (χ3n) is 2.89. The van der Waals surface area contributed by atoms with Gasteiger partial charge in [0.25, 0.3) is 0 Å². The van der Waals surface area contributed by atoms with Crippen LogP contribution in [0.1, 0.15) is 16.1 Å². The van der Waals surface area contributed by atoms with E-state index in [0.717, 1.165) is 15.5 Å². The average molecular weight is 401 g/mol. The summed E-state index contributed by atoms with van der Waals surface area (Å²) < 4.78 is 3.25. The van der Waals surface area contributed by atoms with Crippen molar-refractivity contribution in [1.82, 2.24) is 14.7 Å². The van der Waals surface area contributed by atoms with Gasteiger partial charge in [0.15, 0.2) is 0 Å². The zero-order valence-corrected chi connectivity index (χ0v) is 14.5. The van der Waals surface area contributed by atoms with Crippen molar-refractivity contribution in [1.29, 1.82) is 0 Å². The number of nitrogens with zero attached hydrogens (tertiary/aromatic N) is 3. The Morgan fingerprint density at radius 2 is 1.95 bits per heavy atom. The van der Waals surface area contributed by atoms with Gasteiger partial charge in [-0.25, -0.2) is 0 Å². The number of carbonyl (C=O) groups excluding carboxylic acids is 1. The van der Waals surface area contributed by atoms with Gasteiger partial charge >= 0.3 is 0 Å². The second-order valence-electron chi connectivity index (χ2n) is 4.68. The summed E-state index contributed by atoms with van der Waals surface area (Å²) in [6.07, 6.45) is 1.67. The average Bonchev–Trinajstić information content (AvgIpc) is 2.77. The van der Waals surface area contributed by atoms with Crippen LogP contribution in [0.4, 0.5) is 0 Å². The smallest absolute Gasteiger partial charge is 0.213 e. The maximum atomic E-state index is 12.7. The molecule has 0 unspecified atom stereocenters. The molecule has 0 saturated carbocycles. The molecule has 1 aromatic carbocycles. The van der Waals surface area contributed by atoms with E-state index < -0.39 is 0 Å². The molecule has 6 heteroatoms. The van der Waals surface area contributed by atoms with Crippen molar-refractivity contribution in [2.75, 3.05) is 20.6 Å². The fourth-order valence-corrected chi connectivity index (χ4v) is 2.77. The van der Waals surface area contributed by atoms with E-state index >= 15 is 0 Å². The van der Waals surface area contributed by atoms with E-state index in [4.69, 9.17) is 0 Å². The number of hydrogen-bond acceptors (Lipinski definition) is 3. The normalized spacial score (nSPS) is 11.1. The first-order chi connectivity index (χ1) is 9.50. The topological polar surface area (TPSA) is 38.1 Å². The minimum Gasteiger partial charge on any atom is -0.308 e. The highest BCUT2D eigenvalue weighted by Gasteiger charge is 2.20. The van der Waals surface area contributed by atoms with Crippen molar-refractivity contribution in [2.45, 2.75) is 6.54 Å². The zero-order valence-electron chi connectivity index (χ0n) is 11.3. The van der Waals surface area contributed by atoms with Crippen molar-refractivity contribution in [3.63, 3.8) is 0 Å². The molecule has 0 aliphatic heterocycles. The third-order valence-corrected chi connectivity index (χ3v) is 4.16. The predicted molar refractivity (Wildman–Crippen MR) is 86.1 cm³/mol. The summed E-state index contributed by atoms with van der Waals surface area (Å²) in [5.41, 5.74) is 1.22. The molecule has 0 radical (unpaired) electrons. The Balaban J connectivity index is 2.35. The number of hydrogen-bond donors (Lipinski definition) is 0. The molecular weight excluding hydrogens is 386 g/mol. The zero-order chi connectivity index (χ0) is 14.7. The van der Waals surface area contributed by atoms with Gasteiger partial charge in [-0.05, 0) is 42.2 Å². The van der Waals surface area contributed by atoms with Crippen molar-refractivity contribution in [3.8, 4) is 0 Å². The fourth-order valence-electron chi connectivity index (χ4n) is 1.83. The second-order valence-corrected chi connectivity index (χ2v) is 6.39. The maximum Gasteiger partial charge on any atom is 0.213 e. The second kappa shape index (κ2) is 6.65. The predicted octanol–water partition coefficient (Wildman–Crippen LogP) is 3.20. The van der Waals surface area contributed by atoms with Crippen LogP contribution >= 0.6 is 31.9 Å². The van der Waals surface area contributed by atoms with Gasteiger partial charge in [-0.15, -0.1) is 0 Å². The Hall–Kier alpha value is -0.980. The number of likely N-dealkylation sites (N-methyl/N-ethyl adjacent to an activating group) is 1. The van der Waals surface area contributed by atoms with Gasteiger partial charge in [0, 0.05) is 16.6 Å². The van der Waals surface area contributed by atoms with Crippen LogP contribution in [0.2, 0.25) is 0 Å². The molecule has 0 saturated heterocycles. The van der Waals surface area contributed by atoms with Gasteiger partial charge in [-0.3, -0.25) is 9.48 Å². The van der Waals surface area contributed by atoms with E-state index in [-0.39, 0.29) is 5.78 Å². The summed E-state index contributed by atoms with van der Waals surface area (Å²) in [7, 11) is 3.99. The largest absolute Gasteiger partial charge is 0.308 e. The summed E-state index contributed by atoms with van der Waals surface area (Å²) in [6.45, 7) is 1.49. The Morgan fingerprint density at radius 3 is 2.60 bits per heavy atom. The molecule has 1 heterocycles. The molecule has 2 rings (SSSR count). The van der Waals surface area contributed by atoms with E-state index in [0.29, 0.717) is 17.8 Å². The lowest BCUT2D eigenvalue weighted by molar-refractivity contribution is 0.102. The molecule has 0 atom stereocenters. The van der Waals surface area contributed by atoms with Crippen molar-refractivity contribution in [3.05, 3.63) is 50.7 Å². The molecule has 20 heavy (non-hydrogen) atoms. The lowest BCUT2D eigenvalue weighted by Crippen LogP contribution is -2.22. The molecule has 0 aliphatic carbocycles. The molecule has 0 bridgehead atoms.